The Balaban J connectivity index is 1.53. The number of furan rings is 1. The molecule has 1 aromatic heterocycles. The van der Waals surface area contributed by atoms with Crippen LogP contribution in [0.2, 0.25) is 0 Å². The van der Waals surface area contributed by atoms with Crippen LogP contribution in [0.4, 0.5) is 5.69 Å². The van der Waals surface area contributed by atoms with Crippen LogP contribution in [-0.2, 0) is 9.53 Å². The Hall–Kier alpha value is -3.87. The first-order chi connectivity index (χ1) is 14.4. The van der Waals surface area contributed by atoms with Gasteiger partial charge in [0.25, 0.3) is 11.8 Å². The minimum absolute atomic E-state index is 0.183. The van der Waals surface area contributed by atoms with E-state index in [2.05, 4.69) is 10.6 Å². The van der Waals surface area contributed by atoms with Gasteiger partial charge in [-0.25, -0.2) is 4.79 Å². The molecule has 0 radical (unpaired) electrons. The van der Waals surface area contributed by atoms with Crippen LogP contribution in [0.3, 0.4) is 0 Å². The normalized spacial score (nSPS) is 12.5. The van der Waals surface area contributed by atoms with Crippen LogP contribution < -0.4 is 10.6 Å². The van der Waals surface area contributed by atoms with Gasteiger partial charge in [0.05, 0.1) is 17.9 Å². The predicted octanol–water partition coefficient (Wildman–Crippen LogP) is 3.95. The molecule has 0 saturated heterocycles. The second-order valence-electron chi connectivity index (χ2n) is 6.70. The van der Waals surface area contributed by atoms with E-state index in [1.807, 2.05) is 37.3 Å². The number of nitrogens with one attached hydrogen (secondary N) is 2. The minimum Gasteiger partial charge on any atom is -0.459 e. The highest BCUT2D eigenvalue weighted by atomic mass is 16.5. The van der Waals surface area contributed by atoms with Crippen molar-refractivity contribution in [1.82, 2.24) is 5.32 Å². The molecule has 0 aliphatic carbocycles. The third-order valence-corrected chi connectivity index (χ3v) is 4.43. The van der Waals surface area contributed by atoms with Gasteiger partial charge in [-0.1, -0.05) is 30.3 Å². The van der Waals surface area contributed by atoms with Crippen molar-refractivity contribution in [1.29, 1.82) is 0 Å². The Morgan fingerprint density at radius 3 is 2.23 bits per heavy atom. The van der Waals surface area contributed by atoms with E-state index in [4.69, 9.17) is 9.15 Å². The summed E-state index contributed by atoms with van der Waals surface area (Å²) in [7, 11) is 0. The molecule has 154 valence electrons. The molecule has 1 heterocycles. The average molecular weight is 406 g/mol. The monoisotopic (exact) mass is 406 g/mol. The fourth-order valence-corrected chi connectivity index (χ4v) is 2.73. The first kappa shape index (κ1) is 20.9. The van der Waals surface area contributed by atoms with E-state index in [0.29, 0.717) is 5.69 Å². The summed E-state index contributed by atoms with van der Waals surface area (Å²) >= 11 is 0. The lowest BCUT2D eigenvalue weighted by molar-refractivity contribution is -0.129. The second-order valence-corrected chi connectivity index (χ2v) is 6.70. The molecule has 2 aromatic carbocycles. The lowest BCUT2D eigenvalue weighted by Gasteiger charge is -2.18. The highest BCUT2D eigenvalue weighted by molar-refractivity contribution is 6.02. The van der Waals surface area contributed by atoms with Gasteiger partial charge in [-0.2, -0.15) is 0 Å². The van der Waals surface area contributed by atoms with Gasteiger partial charge in [0.2, 0.25) is 0 Å². The highest BCUT2D eigenvalue weighted by Gasteiger charge is 2.21. The summed E-state index contributed by atoms with van der Waals surface area (Å²) in [4.78, 5) is 36.6. The molecule has 7 heteroatoms. The van der Waals surface area contributed by atoms with Gasteiger partial charge in [0.15, 0.2) is 11.9 Å². The molecule has 30 heavy (non-hydrogen) atoms. The van der Waals surface area contributed by atoms with Crippen LogP contribution in [0.15, 0.2) is 77.4 Å². The Morgan fingerprint density at radius 1 is 0.900 bits per heavy atom. The molecule has 0 spiro atoms. The number of hydrogen-bond donors (Lipinski definition) is 2. The maximum atomic E-state index is 12.3. The topological polar surface area (TPSA) is 97.6 Å². The number of amides is 2. The van der Waals surface area contributed by atoms with Crippen molar-refractivity contribution in [2.24, 2.45) is 0 Å². The molecule has 0 aliphatic rings. The van der Waals surface area contributed by atoms with E-state index in [-0.39, 0.29) is 23.3 Å². The van der Waals surface area contributed by atoms with Crippen LogP contribution in [0.1, 0.15) is 46.4 Å². The van der Waals surface area contributed by atoms with Crippen molar-refractivity contribution in [3.05, 3.63) is 89.9 Å². The molecule has 7 nitrogen and oxygen atoms in total. The van der Waals surface area contributed by atoms with Crippen molar-refractivity contribution < 1.29 is 23.5 Å². The lowest BCUT2D eigenvalue weighted by atomic mass is 10.1. The van der Waals surface area contributed by atoms with Gasteiger partial charge in [-0.05, 0) is 55.8 Å². The van der Waals surface area contributed by atoms with Crippen molar-refractivity contribution >= 4 is 23.5 Å². The largest absolute Gasteiger partial charge is 0.459 e. The van der Waals surface area contributed by atoms with Crippen LogP contribution in [0.25, 0.3) is 0 Å². The summed E-state index contributed by atoms with van der Waals surface area (Å²) in [6, 6.07) is 18.6. The van der Waals surface area contributed by atoms with Gasteiger partial charge >= 0.3 is 5.97 Å². The number of benzene rings is 2. The van der Waals surface area contributed by atoms with E-state index < -0.39 is 18.0 Å². The lowest BCUT2D eigenvalue weighted by Crippen LogP contribution is -2.37. The van der Waals surface area contributed by atoms with E-state index in [0.717, 1.165) is 5.56 Å². The summed E-state index contributed by atoms with van der Waals surface area (Å²) in [5, 5.41) is 5.48. The van der Waals surface area contributed by atoms with Crippen molar-refractivity contribution in [3.63, 3.8) is 0 Å². The molecule has 0 aliphatic heterocycles. The summed E-state index contributed by atoms with van der Waals surface area (Å²) in [5.74, 6) is -1.23. The van der Waals surface area contributed by atoms with Crippen LogP contribution in [-0.4, -0.2) is 23.9 Å². The molecule has 0 bridgehead atoms. The molecule has 3 aromatic rings. The molecule has 2 atom stereocenters. The summed E-state index contributed by atoms with van der Waals surface area (Å²) < 4.78 is 10.3. The van der Waals surface area contributed by atoms with Gasteiger partial charge in [0.1, 0.15) is 0 Å². The zero-order chi connectivity index (χ0) is 21.5. The van der Waals surface area contributed by atoms with E-state index >= 15 is 0 Å². The Morgan fingerprint density at radius 2 is 1.60 bits per heavy atom. The summed E-state index contributed by atoms with van der Waals surface area (Å²) in [6.07, 6.45) is 0.452. The molecule has 2 unspecified atom stereocenters. The molecule has 3 rings (SSSR count). The Labute approximate surface area is 174 Å². The minimum atomic E-state index is -0.956. The van der Waals surface area contributed by atoms with Gasteiger partial charge < -0.3 is 19.8 Å². The van der Waals surface area contributed by atoms with Crippen molar-refractivity contribution in [2.45, 2.75) is 26.0 Å². The third kappa shape index (κ3) is 5.35. The third-order valence-electron chi connectivity index (χ3n) is 4.43. The van der Waals surface area contributed by atoms with Crippen LogP contribution in [0.5, 0.6) is 0 Å². The quantitative estimate of drug-likeness (QED) is 0.579. The van der Waals surface area contributed by atoms with E-state index in [1.54, 1.807) is 24.3 Å². The van der Waals surface area contributed by atoms with E-state index in [1.165, 1.54) is 25.3 Å². The highest BCUT2D eigenvalue weighted by Crippen LogP contribution is 2.14. The Bertz CT molecular complexity index is 998. The smallest absolute Gasteiger partial charge is 0.338 e. The number of rotatable bonds is 7. The van der Waals surface area contributed by atoms with Crippen molar-refractivity contribution in [2.75, 3.05) is 5.32 Å². The number of carbonyl (C=O) groups excluding carboxylic acids is 3. The van der Waals surface area contributed by atoms with E-state index in [9.17, 15) is 14.4 Å². The predicted molar refractivity (Wildman–Crippen MR) is 111 cm³/mol. The molecular weight excluding hydrogens is 384 g/mol. The maximum Gasteiger partial charge on any atom is 0.338 e. The summed E-state index contributed by atoms with van der Waals surface area (Å²) in [6.45, 7) is 3.38. The maximum absolute atomic E-state index is 12.3. The molecule has 0 fully saturated rings. The standard InChI is InChI=1S/C23H22N2O5/c1-15(17-7-4-3-5-8-17)24-21(26)16(2)30-23(28)18-10-12-19(13-11-18)25-22(27)20-9-6-14-29-20/h3-16H,1-2H3,(H,24,26)(H,25,27). The first-order valence-corrected chi connectivity index (χ1v) is 9.45. The summed E-state index contributed by atoms with van der Waals surface area (Å²) in [5.41, 5.74) is 1.72. The molecule has 2 N–H and O–H groups in total. The van der Waals surface area contributed by atoms with Crippen LogP contribution >= 0.6 is 0 Å². The molecule has 2 amide bonds. The second kappa shape index (κ2) is 9.56. The number of hydrogen-bond acceptors (Lipinski definition) is 5. The van der Waals surface area contributed by atoms with Gasteiger partial charge in [-0.3, -0.25) is 9.59 Å². The average Bonchev–Trinajstić information content (AvgIpc) is 3.30. The van der Waals surface area contributed by atoms with Crippen molar-refractivity contribution in [3.8, 4) is 0 Å². The number of carbonyl (C=O) groups is 3. The fourth-order valence-electron chi connectivity index (χ4n) is 2.73. The molecular formula is C23H22N2O5. The Kier molecular flexibility index (Phi) is 6.64. The number of ether oxygens (including phenoxy) is 1. The van der Waals surface area contributed by atoms with Gasteiger partial charge in [-0.15, -0.1) is 0 Å². The zero-order valence-electron chi connectivity index (χ0n) is 16.6. The fraction of sp³-hybridized carbons (Fsp3) is 0.174. The number of esters is 1. The SMILES string of the molecule is CC(OC(=O)c1ccc(NC(=O)c2ccco2)cc1)C(=O)NC(C)c1ccccc1. The van der Waals surface area contributed by atoms with Crippen LogP contribution in [0, 0.1) is 0 Å². The molecule has 0 saturated carbocycles. The first-order valence-electron chi connectivity index (χ1n) is 9.45. The zero-order valence-corrected chi connectivity index (χ0v) is 16.6. The number of anilines is 1. The van der Waals surface area contributed by atoms with Gasteiger partial charge in [0, 0.05) is 5.69 Å².